The van der Waals surface area contributed by atoms with E-state index >= 15 is 0 Å². The lowest BCUT2D eigenvalue weighted by atomic mass is 9.99. The Morgan fingerprint density at radius 3 is 3.05 bits per heavy atom. The van der Waals surface area contributed by atoms with Crippen molar-refractivity contribution in [3.63, 3.8) is 0 Å². The van der Waals surface area contributed by atoms with Crippen LogP contribution in [0.25, 0.3) is 11.5 Å². The molecule has 0 saturated carbocycles. The van der Waals surface area contributed by atoms with E-state index < -0.39 is 0 Å². The lowest BCUT2D eigenvalue weighted by Crippen LogP contribution is -2.28. The molecule has 0 spiro atoms. The molecule has 1 aromatic heterocycles. The molecule has 1 aliphatic heterocycles. The quantitative estimate of drug-likeness (QED) is 0.903. The Bertz CT molecular complexity index is 576. The van der Waals surface area contributed by atoms with Crippen molar-refractivity contribution in [2.75, 3.05) is 13.1 Å². The van der Waals surface area contributed by atoms with Gasteiger partial charge < -0.3 is 9.84 Å². The SMILES string of the molecule is Cc1cc(-c2nc(C3CCCNC3)no2)ccc1F. The minimum Gasteiger partial charge on any atom is -0.334 e. The van der Waals surface area contributed by atoms with E-state index in [1.165, 1.54) is 6.07 Å². The highest BCUT2D eigenvalue weighted by Crippen LogP contribution is 2.25. The van der Waals surface area contributed by atoms with Crippen LogP contribution < -0.4 is 5.32 Å². The van der Waals surface area contributed by atoms with Gasteiger partial charge in [0.05, 0.1) is 0 Å². The molecule has 19 heavy (non-hydrogen) atoms. The maximum atomic E-state index is 13.2. The van der Waals surface area contributed by atoms with Crippen molar-refractivity contribution in [3.8, 4) is 11.5 Å². The summed E-state index contributed by atoms with van der Waals surface area (Å²) in [6.45, 7) is 3.67. The van der Waals surface area contributed by atoms with Gasteiger partial charge in [0, 0.05) is 18.0 Å². The average Bonchev–Trinajstić information content (AvgIpc) is 2.93. The van der Waals surface area contributed by atoms with Gasteiger partial charge in [0.2, 0.25) is 0 Å². The van der Waals surface area contributed by atoms with Gasteiger partial charge >= 0.3 is 0 Å². The third-order valence-corrected chi connectivity index (χ3v) is 3.51. The van der Waals surface area contributed by atoms with E-state index in [9.17, 15) is 4.39 Å². The Morgan fingerprint density at radius 2 is 2.32 bits per heavy atom. The molecule has 100 valence electrons. The highest BCUT2D eigenvalue weighted by Gasteiger charge is 2.21. The van der Waals surface area contributed by atoms with Crippen molar-refractivity contribution < 1.29 is 8.91 Å². The van der Waals surface area contributed by atoms with Gasteiger partial charge in [-0.15, -0.1) is 0 Å². The summed E-state index contributed by atoms with van der Waals surface area (Å²) in [5.74, 6) is 1.29. The van der Waals surface area contributed by atoms with Gasteiger partial charge in [-0.1, -0.05) is 5.16 Å². The molecule has 1 fully saturated rings. The van der Waals surface area contributed by atoms with E-state index in [0.29, 0.717) is 17.4 Å². The van der Waals surface area contributed by atoms with Crippen molar-refractivity contribution >= 4 is 0 Å². The topological polar surface area (TPSA) is 51.0 Å². The molecule has 0 radical (unpaired) electrons. The second-order valence-corrected chi connectivity index (χ2v) is 4.96. The number of nitrogens with one attached hydrogen (secondary N) is 1. The average molecular weight is 261 g/mol. The Hall–Kier alpha value is -1.75. The number of aryl methyl sites for hydroxylation is 1. The molecular weight excluding hydrogens is 245 g/mol. The van der Waals surface area contributed by atoms with Crippen LogP contribution >= 0.6 is 0 Å². The number of hydrogen-bond acceptors (Lipinski definition) is 4. The Labute approximate surface area is 111 Å². The van der Waals surface area contributed by atoms with Crippen molar-refractivity contribution in [2.45, 2.75) is 25.7 Å². The van der Waals surface area contributed by atoms with Crippen LogP contribution in [0.5, 0.6) is 0 Å². The Morgan fingerprint density at radius 1 is 1.42 bits per heavy atom. The minimum absolute atomic E-state index is 0.222. The maximum Gasteiger partial charge on any atom is 0.257 e. The van der Waals surface area contributed by atoms with Crippen LogP contribution in [0.4, 0.5) is 4.39 Å². The fourth-order valence-electron chi connectivity index (χ4n) is 2.37. The molecule has 1 saturated heterocycles. The number of hydrogen-bond donors (Lipinski definition) is 1. The zero-order valence-electron chi connectivity index (χ0n) is 10.8. The van der Waals surface area contributed by atoms with Crippen molar-refractivity contribution in [1.82, 2.24) is 15.5 Å². The molecule has 0 bridgehead atoms. The molecule has 5 heteroatoms. The monoisotopic (exact) mass is 261 g/mol. The van der Waals surface area contributed by atoms with E-state index in [1.54, 1.807) is 19.1 Å². The predicted molar refractivity (Wildman–Crippen MR) is 69.3 cm³/mol. The first-order valence-corrected chi connectivity index (χ1v) is 6.55. The van der Waals surface area contributed by atoms with E-state index in [1.807, 2.05) is 0 Å². The van der Waals surface area contributed by atoms with Crippen LogP contribution in [0.3, 0.4) is 0 Å². The number of nitrogens with zero attached hydrogens (tertiary/aromatic N) is 2. The normalized spacial score (nSPS) is 19.6. The van der Waals surface area contributed by atoms with E-state index in [0.717, 1.165) is 37.3 Å². The summed E-state index contributed by atoms with van der Waals surface area (Å²) in [4.78, 5) is 4.43. The highest BCUT2D eigenvalue weighted by molar-refractivity contribution is 5.54. The van der Waals surface area contributed by atoms with E-state index in [2.05, 4.69) is 15.5 Å². The fraction of sp³-hybridized carbons (Fsp3) is 0.429. The summed E-state index contributed by atoms with van der Waals surface area (Å²) in [6.07, 6.45) is 2.21. The largest absolute Gasteiger partial charge is 0.334 e. The number of piperidine rings is 1. The third-order valence-electron chi connectivity index (χ3n) is 3.51. The summed E-state index contributed by atoms with van der Waals surface area (Å²) >= 11 is 0. The second-order valence-electron chi connectivity index (χ2n) is 4.96. The van der Waals surface area contributed by atoms with Crippen LogP contribution in [0.1, 0.15) is 30.1 Å². The number of aromatic nitrogens is 2. The summed E-state index contributed by atoms with van der Waals surface area (Å²) in [5, 5.41) is 7.38. The minimum atomic E-state index is -0.222. The van der Waals surface area contributed by atoms with Crippen LogP contribution in [0.2, 0.25) is 0 Å². The van der Waals surface area contributed by atoms with Crippen LogP contribution in [0.15, 0.2) is 22.7 Å². The highest BCUT2D eigenvalue weighted by atomic mass is 19.1. The predicted octanol–water partition coefficient (Wildman–Crippen LogP) is 2.65. The van der Waals surface area contributed by atoms with Crippen LogP contribution in [-0.4, -0.2) is 23.2 Å². The summed E-state index contributed by atoms with van der Waals surface area (Å²) < 4.78 is 18.5. The Kier molecular flexibility index (Phi) is 3.29. The third kappa shape index (κ3) is 2.51. The van der Waals surface area contributed by atoms with Crippen molar-refractivity contribution in [3.05, 3.63) is 35.4 Å². The molecule has 0 aliphatic carbocycles. The summed E-state index contributed by atoms with van der Waals surface area (Å²) in [7, 11) is 0. The van der Waals surface area contributed by atoms with Gasteiger partial charge in [0.1, 0.15) is 5.82 Å². The lowest BCUT2D eigenvalue weighted by molar-refractivity contribution is 0.393. The smallest absolute Gasteiger partial charge is 0.257 e. The van der Waals surface area contributed by atoms with E-state index in [4.69, 9.17) is 4.52 Å². The molecular formula is C14H16FN3O. The van der Waals surface area contributed by atoms with Gasteiger partial charge in [0.25, 0.3) is 5.89 Å². The van der Waals surface area contributed by atoms with Gasteiger partial charge in [0.15, 0.2) is 5.82 Å². The molecule has 1 atom stereocenters. The first-order valence-electron chi connectivity index (χ1n) is 6.55. The van der Waals surface area contributed by atoms with Gasteiger partial charge in [-0.25, -0.2) is 4.39 Å². The van der Waals surface area contributed by atoms with Gasteiger partial charge in [-0.05, 0) is 50.1 Å². The molecule has 0 amide bonds. The number of halogens is 1. The number of rotatable bonds is 2. The first-order chi connectivity index (χ1) is 9.24. The van der Waals surface area contributed by atoms with Crippen molar-refractivity contribution in [2.24, 2.45) is 0 Å². The molecule has 3 rings (SSSR count). The molecule has 1 N–H and O–H groups in total. The second kappa shape index (κ2) is 5.09. The fourth-order valence-corrected chi connectivity index (χ4v) is 2.37. The van der Waals surface area contributed by atoms with Gasteiger partial charge in [-0.3, -0.25) is 0 Å². The summed E-state index contributed by atoms with van der Waals surface area (Å²) in [6, 6.07) is 4.82. The molecule has 4 nitrogen and oxygen atoms in total. The van der Waals surface area contributed by atoms with Crippen LogP contribution in [0, 0.1) is 12.7 Å². The standard InChI is InChI=1S/C14H16FN3O/c1-9-7-10(4-5-12(9)15)14-17-13(18-19-14)11-3-2-6-16-8-11/h4-5,7,11,16H,2-3,6,8H2,1H3. The zero-order valence-corrected chi connectivity index (χ0v) is 10.8. The molecule has 1 aliphatic rings. The first kappa shape index (κ1) is 12.3. The van der Waals surface area contributed by atoms with E-state index in [-0.39, 0.29) is 5.82 Å². The molecule has 2 heterocycles. The molecule has 2 aromatic rings. The summed E-state index contributed by atoms with van der Waals surface area (Å²) in [5.41, 5.74) is 1.35. The molecule has 1 unspecified atom stereocenters. The zero-order chi connectivity index (χ0) is 13.2. The maximum absolute atomic E-state index is 13.2. The van der Waals surface area contributed by atoms with Gasteiger partial charge in [-0.2, -0.15) is 4.98 Å². The lowest BCUT2D eigenvalue weighted by Gasteiger charge is -2.19. The Balaban J connectivity index is 1.85. The van der Waals surface area contributed by atoms with Crippen molar-refractivity contribution in [1.29, 1.82) is 0 Å². The number of benzene rings is 1. The van der Waals surface area contributed by atoms with Crippen LogP contribution in [-0.2, 0) is 0 Å². The molecule has 1 aromatic carbocycles.